The van der Waals surface area contributed by atoms with Crippen molar-refractivity contribution in [2.24, 2.45) is 0 Å². The van der Waals surface area contributed by atoms with E-state index in [0.717, 1.165) is 16.7 Å². The van der Waals surface area contributed by atoms with Gasteiger partial charge in [-0.1, -0.05) is 35.9 Å². The molecule has 1 atom stereocenters. The van der Waals surface area contributed by atoms with Crippen LogP contribution >= 0.6 is 11.6 Å². The molecular weight excluding hydrogens is 360 g/mol. The molecule has 2 aromatic carbocycles. The first kappa shape index (κ1) is 18.9. The van der Waals surface area contributed by atoms with E-state index >= 15 is 0 Å². The summed E-state index contributed by atoms with van der Waals surface area (Å²) in [4.78, 5) is 16.6. The standard InChI is InChI=1S/C22H21ClN2O2/c1-16-4-2-3-5-20(16)22(17-10-13-24-14-11-17)25-21(26)12-15-27-19-8-6-18(23)7-9-19/h2-11,13-14,22H,12,15H2,1H3,(H,25,26). The van der Waals surface area contributed by atoms with Gasteiger partial charge in [-0.15, -0.1) is 0 Å². The van der Waals surface area contributed by atoms with Crippen LogP contribution in [0.25, 0.3) is 0 Å². The van der Waals surface area contributed by atoms with Crippen LogP contribution in [0.15, 0.2) is 73.1 Å². The summed E-state index contributed by atoms with van der Waals surface area (Å²) in [5.41, 5.74) is 3.18. The van der Waals surface area contributed by atoms with Crippen molar-refractivity contribution in [3.63, 3.8) is 0 Å². The molecule has 1 N–H and O–H groups in total. The Morgan fingerprint density at radius 3 is 2.48 bits per heavy atom. The number of nitrogens with one attached hydrogen (secondary N) is 1. The molecule has 0 saturated heterocycles. The number of amides is 1. The SMILES string of the molecule is Cc1ccccc1C(NC(=O)CCOc1ccc(Cl)cc1)c1ccncc1. The second-order valence-electron chi connectivity index (χ2n) is 6.19. The summed E-state index contributed by atoms with van der Waals surface area (Å²) in [5.74, 6) is 0.616. The number of carbonyl (C=O) groups excluding carboxylic acids is 1. The van der Waals surface area contributed by atoms with Crippen molar-refractivity contribution in [2.45, 2.75) is 19.4 Å². The molecule has 1 unspecified atom stereocenters. The van der Waals surface area contributed by atoms with Gasteiger partial charge in [0.05, 0.1) is 19.1 Å². The van der Waals surface area contributed by atoms with Gasteiger partial charge in [0.15, 0.2) is 0 Å². The van der Waals surface area contributed by atoms with Gasteiger partial charge in [-0.05, 0) is 60.0 Å². The Morgan fingerprint density at radius 1 is 1.07 bits per heavy atom. The number of carbonyl (C=O) groups is 1. The van der Waals surface area contributed by atoms with Crippen LogP contribution in [0.3, 0.4) is 0 Å². The van der Waals surface area contributed by atoms with Gasteiger partial charge in [-0.3, -0.25) is 9.78 Å². The van der Waals surface area contributed by atoms with Crippen LogP contribution < -0.4 is 10.1 Å². The molecule has 0 aliphatic heterocycles. The molecule has 0 fully saturated rings. The van der Waals surface area contributed by atoms with Gasteiger partial charge in [-0.2, -0.15) is 0 Å². The number of rotatable bonds is 7. The Morgan fingerprint density at radius 2 is 1.78 bits per heavy atom. The van der Waals surface area contributed by atoms with E-state index in [1.807, 2.05) is 43.3 Å². The van der Waals surface area contributed by atoms with Crippen molar-refractivity contribution in [3.8, 4) is 5.75 Å². The normalized spacial score (nSPS) is 11.6. The van der Waals surface area contributed by atoms with Crippen LogP contribution in [0.5, 0.6) is 5.75 Å². The average Bonchev–Trinajstić information content (AvgIpc) is 2.69. The number of ether oxygens (including phenoxy) is 1. The zero-order valence-corrected chi connectivity index (χ0v) is 15.8. The minimum absolute atomic E-state index is 0.0750. The first-order chi connectivity index (χ1) is 13.1. The van der Waals surface area contributed by atoms with E-state index in [9.17, 15) is 4.79 Å². The maximum atomic E-state index is 12.5. The molecule has 5 heteroatoms. The maximum Gasteiger partial charge on any atom is 0.224 e. The van der Waals surface area contributed by atoms with Crippen LogP contribution in [-0.4, -0.2) is 17.5 Å². The molecule has 0 bridgehead atoms. The molecule has 3 rings (SSSR count). The number of hydrogen-bond donors (Lipinski definition) is 1. The van der Waals surface area contributed by atoms with Crippen molar-refractivity contribution < 1.29 is 9.53 Å². The van der Waals surface area contributed by atoms with Gasteiger partial charge in [0.2, 0.25) is 5.91 Å². The Bertz CT molecular complexity index is 882. The lowest BCUT2D eigenvalue weighted by molar-refractivity contribution is -0.122. The van der Waals surface area contributed by atoms with Crippen molar-refractivity contribution in [2.75, 3.05) is 6.61 Å². The summed E-state index contributed by atoms with van der Waals surface area (Å²) in [6.07, 6.45) is 3.73. The van der Waals surface area contributed by atoms with Crippen molar-refractivity contribution >= 4 is 17.5 Å². The predicted molar refractivity (Wildman–Crippen MR) is 107 cm³/mol. The molecular formula is C22H21ClN2O2. The van der Waals surface area contributed by atoms with Gasteiger partial charge < -0.3 is 10.1 Å². The first-order valence-electron chi connectivity index (χ1n) is 8.76. The number of pyridine rings is 1. The second-order valence-corrected chi connectivity index (χ2v) is 6.63. The number of aryl methyl sites for hydroxylation is 1. The number of nitrogens with zero attached hydrogens (tertiary/aromatic N) is 1. The van der Waals surface area contributed by atoms with Gasteiger partial charge in [0.1, 0.15) is 5.75 Å². The van der Waals surface area contributed by atoms with Crippen LogP contribution in [0.4, 0.5) is 0 Å². The third-order valence-electron chi connectivity index (χ3n) is 4.26. The van der Waals surface area contributed by atoms with Gasteiger partial charge in [-0.25, -0.2) is 0 Å². The molecule has 0 spiro atoms. The van der Waals surface area contributed by atoms with Crippen LogP contribution in [-0.2, 0) is 4.79 Å². The zero-order chi connectivity index (χ0) is 19.1. The molecule has 1 amide bonds. The number of hydrogen-bond acceptors (Lipinski definition) is 3. The van der Waals surface area contributed by atoms with Crippen molar-refractivity contribution in [1.82, 2.24) is 10.3 Å². The molecule has 0 radical (unpaired) electrons. The van der Waals surface area contributed by atoms with Crippen molar-refractivity contribution in [3.05, 3.63) is 94.8 Å². The van der Waals surface area contributed by atoms with E-state index in [-0.39, 0.29) is 18.4 Å². The summed E-state index contributed by atoms with van der Waals surface area (Å²) in [6.45, 7) is 2.34. The van der Waals surface area contributed by atoms with Gasteiger partial charge in [0.25, 0.3) is 0 Å². The number of benzene rings is 2. The number of halogens is 1. The first-order valence-corrected chi connectivity index (χ1v) is 9.14. The lowest BCUT2D eigenvalue weighted by Crippen LogP contribution is -2.30. The highest BCUT2D eigenvalue weighted by molar-refractivity contribution is 6.30. The molecule has 1 heterocycles. The highest BCUT2D eigenvalue weighted by Crippen LogP contribution is 2.24. The van der Waals surface area contributed by atoms with E-state index in [1.165, 1.54) is 0 Å². The van der Waals surface area contributed by atoms with Gasteiger partial charge >= 0.3 is 0 Å². The van der Waals surface area contributed by atoms with Crippen LogP contribution in [0, 0.1) is 6.92 Å². The molecule has 0 aliphatic rings. The highest BCUT2D eigenvalue weighted by atomic mass is 35.5. The summed E-state index contributed by atoms with van der Waals surface area (Å²) in [7, 11) is 0. The van der Waals surface area contributed by atoms with Crippen molar-refractivity contribution in [1.29, 1.82) is 0 Å². The molecule has 138 valence electrons. The van der Waals surface area contributed by atoms with E-state index in [2.05, 4.69) is 10.3 Å². The van der Waals surface area contributed by atoms with Gasteiger partial charge in [0, 0.05) is 17.4 Å². The highest BCUT2D eigenvalue weighted by Gasteiger charge is 2.18. The third kappa shape index (κ3) is 5.31. The van der Waals surface area contributed by atoms with E-state index in [0.29, 0.717) is 17.4 Å². The Balaban J connectivity index is 1.66. The summed E-state index contributed by atoms with van der Waals surface area (Å²) >= 11 is 5.86. The summed E-state index contributed by atoms with van der Waals surface area (Å²) in [5, 5.41) is 3.77. The van der Waals surface area contributed by atoms with Crippen LogP contribution in [0.1, 0.15) is 29.2 Å². The fourth-order valence-corrected chi connectivity index (χ4v) is 2.96. The van der Waals surface area contributed by atoms with E-state index in [4.69, 9.17) is 16.3 Å². The topological polar surface area (TPSA) is 51.2 Å². The predicted octanol–water partition coefficient (Wildman–Crippen LogP) is 4.72. The molecule has 3 aromatic rings. The average molecular weight is 381 g/mol. The maximum absolute atomic E-state index is 12.5. The lowest BCUT2D eigenvalue weighted by Gasteiger charge is -2.21. The molecule has 0 saturated carbocycles. The van der Waals surface area contributed by atoms with Crippen LogP contribution in [0.2, 0.25) is 5.02 Å². The van der Waals surface area contributed by atoms with E-state index < -0.39 is 0 Å². The fraction of sp³-hybridized carbons (Fsp3) is 0.182. The fourth-order valence-electron chi connectivity index (χ4n) is 2.83. The Hall–Kier alpha value is -2.85. The third-order valence-corrected chi connectivity index (χ3v) is 4.51. The smallest absolute Gasteiger partial charge is 0.224 e. The molecule has 4 nitrogen and oxygen atoms in total. The minimum Gasteiger partial charge on any atom is -0.493 e. The second kappa shape index (κ2) is 9.19. The lowest BCUT2D eigenvalue weighted by atomic mass is 9.95. The summed E-state index contributed by atoms with van der Waals surface area (Å²) < 4.78 is 5.62. The number of aromatic nitrogens is 1. The van der Waals surface area contributed by atoms with E-state index in [1.54, 1.807) is 36.7 Å². The monoisotopic (exact) mass is 380 g/mol. The quantitative estimate of drug-likeness (QED) is 0.645. The largest absolute Gasteiger partial charge is 0.493 e. The zero-order valence-electron chi connectivity index (χ0n) is 15.1. The molecule has 27 heavy (non-hydrogen) atoms. The summed E-state index contributed by atoms with van der Waals surface area (Å²) in [6, 6.07) is 18.7. The minimum atomic E-state index is -0.225. The molecule has 0 aliphatic carbocycles. The Kier molecular flexibility index (Phi) is 6.44. The molecule has 1 aromatic heterocycles. The Labute approximate surface area is 164 Å².